The number of aromatic nitrogens is 1. The lowest BCUT2D eigenvalue weighted by Crippen LogP contribution is -2.17. The number of nitrogens with zero attached hydrogens (tertiary/aromatic N) is 2. The number of halogens is 1. The zero-order valence-corrected chi connectivity index (χ0v) is 17.2. The van der Waals surface area contributed by atoms with Crippen LogP contribution in [0.3, 0.4) is 0 Å². The monoisotopic (exact) mass is 429 g/mol. The van der Waals surface area contributed by atoms with Crippen molar-refractivity contribution < 1.29 is 23.6 Å². The van der Waals surface area contributed by atoms with Crippen LogP contribution in [0.25, 0.3) is 0 Å². The summed E-state index contributed by atoms with van der Waals surface area (Å²) in [6, 6.07) is 14.3. The van der Waals surface area contributed by atoms with Gasteiger partial charge in [-0.2, -0.15) is 0 Å². The van der Waals surface area contributed by atoms with Crippen LogP contribution in [0.1, 0.15) is 16.9 Å². The van der Waals surface area contributed by atoms with Gasteiger partial charge in [0.05, 0.1) is 13.3 Å². The van der Waals surface area contributed by atoms with Gasteiger partial charge in [0.2, 0.25) is 0 Å². The molecule has 156 valence electrons. The number of hydrogen-bond donors (Lipinski definition) is 1. The van der Waals surface area contributed by atoms with E-state index in [0.717, 1.165) is 11.1 Å². The van der Waals surface area contributed by atoms with Crippen molar-refractivity contribution in [2.75, 3.05) is 19.0 Å². The van der Waals surface area contributed by atoms with Gasteiger partial charge in [0, 0.05) is 16.7 Å². The molecule has 0 saturated heterocycles. The number of anilines is 1. The van der Waals surface area contributed by atoms with E-state index in [0.29, 0.717) is 34.7 Å². The average Bonchev–Trinajstić information content (AvgIpc) is 3.15. The molecule has 0 spiro atoms. The Kier molecular flexibility index (Phi) is 7.29. The van der Waals surface area contributed by atoms with Gasteiger partial charge in [0.1, 0.15) is 12.4 Å². The molecule has 0 aliphatic heterocycles. The number of carbonyl (C=O) groups excluding carboxylic acids is 1. The Labute approximate surface area is 178 Å². The van der Waals surface area contributed by atoms with E-state index in [1.54, 1.807) is 38.3 Å². The molecular weight excluding hydrogens is 410 g/mol. The Morgan fingerprint density at radius 2 is 2.00 bits per heavy atom. The molecular formula is C21H20ClN3O5. The van der Waals surface area contributed by atoms with Crippen LogP contribution in [-0.4, -0.2) is 31.0 Å². The van der Waals surface area contributed by atoms with Crippen LogP contribution in [0.4, 0.5) is 5.82 Å². The van der Waals surface area contributed by atoms with E-state index in [1.165, 1.54) is 6.21 Å². The van der Waals surface area contributed by atoms with Crippen molar-refractivity contribution in [2.45, 2.75) is 13.5 Å². The van der Waals surface area contributed by atoms with Crippen LogP contribution < -0.4 is 14.8 Å². The van der Waals surface area contributed by atoms with Crippen molar-refractivity contribution in [3.05, 3.63) is 70.4 Å². The van der Waals surface area contributed by atoms with E-state index >= 15 is 0 Å². The number of amides is 1. The van der Waals surface area contributed by atoms with E-state index in [4.69, 9.17) is 30.4 Å². The molecule has 1 amide bonds. The maximum absolute atomic E-state index is 11.8. The van der Waals surface area contributed by atoms with Crippen molar-refractivity contribution in [3.8, 4) is 11.5 Å². The summed E-state index contributed by atoms with van der Waals surface area (Å²) in [5.41, 5.74) is 1.71. The minimum atomic E-state index is -0.399. The van der Waals surface area contributed by atoms with Crippen LogP contribution in [-0.2, 0) is 16.2 Å². The first-order valence-corrected chi connectivity index (χ1v) is 9.35. The normalized spacial score (nSPS) is 10.8. The molecule has 2 aromatic carbocycles. The first-order chi connectivity index (χ1) is 14.5. The first-order valence-electron chi connectivity index (χ1n) is 8.97. The average molecular weight is 430 g/mol. The van der Waals surface area contributed by atoms with Crippen LogP contribution in [0.15, 0.2) is 58.2 Å². The maximum Gasteiger partial charge on any atom is 0.266 e. The van der Waals surface area contributed by atoms with E-state index in [2.05, 4.69) is 15.6 Å². The highest BCUT2D eigenvalue weighted by molar-refractivity contribution is 6.30. The number of hydrogen-bond acceptors (Lipinski definition) is 7. The van der Waals surface area contributed by atoms with Gasteiger partial charge in [-0.15, -0.1) is 0 Å². The fraction of sp³-hybridized carbons (Fsp3) is 0.190. The van der Waals surface area contributed by atoms with Gasteiger partial charge < -0.3 is 24.2 Å². The highest BCUT2D eigenvalue weighted by Gasteiger charge is 2.07. The number of rotatable bonds is 9. The second kappa shape index (κ2) is 10.3. The standard InChI is InChI=1S/C21H20ClN3O5/c1-14-9-20(25-30-14)24-21(26)13-29-23-11-16-5-8-18(19(10-16)27-2)28-12-15-3-6-17(22)7-4-15/h3-11H,12-13H2,1-2H3,(H,24,25,26)/b23-11-. The van der Waals surface area contributed by atoms with E-state index in [-0.39, 0.29) is 6.61 Å². The summed E-state index contributed by atoms with van der Waals surface area (Å²) in [7, 11) is 1.55. The third-order valence-corrected chi connectivity index (χ3v) is 4.11. The molecule has 8 nitrogen and oxygen atoms in total. The Balaban J connectivity index is 1.50. The third-order valence-electron chi connectivity index (χ3n) is 3.86. The Hall–Kier alpha value is -3.52. The highest BCUT2D eigenvalue weighted by atomic mass is 35.5. The van der Waals surface area contributed by atoms with Crippen molar-refractivity contribution in [1.82, 2.24) is 5.16 Å². The van der Waals surface area contributed by atoms with E-state index in [1.807, 2.05) is 24.3 Å². The molecule has 0 unspecified atom stereocenters. The van der Waals surface area contributed by atoms with Gasteiger partial charge in [-0.1, -0.05) is 34.0 Å². The third kappa shape index (κ3) is 6.25. The summed E-state index contributed by atoms with van der Waals surface area (Å²) in [6.45, 7) is 1.85. The fourth-order valence-corrected chi connectivity index (χ4v) is 2.55. The van der Waals surface area contributed by atoms with Gasteiger partial charge in [0.15, 0.2) is 23.9 Å². The minimum absolute atomic E-state index is 0.262. The van der Waals surface area contributed by atoms with E-state index < -0.39 is 5.91 Å². The molecule has 1 heterocycles. The second-order valence-corrected chi connectivity index (χ2v) is 6.64. The Morgan fingerprint density at radius 3 is 2.70 bits per heavy atom. The second-order valence-electron chi connectivity index (χ2n) is 6.20. The van der Waals surface area contributed by atoms with Crippen LogP contribution in [0.2, 0.25) is 5.02 Å². The molecule has 1 N–H and O–H groups in total. The molecule has 9 heteroatoms. The molecule has 30 heavy (non-hydrogen) atoms. The van der Waals surface area contributed by atoms with Crippen LogP contribution in [0, 0.1) is 6.92 Å². The molecule has 3 aromatic rings. The number of oxime groups is 1. The predicted octanol–water partition coefficient (Wildman–Crippen LogP) is 4.21. The maximum atomic E-state index is 11.8. The van der Waals surface area contributed by atoms with Crippen molar-refractivity contribution in [1.29, 1.82) is 0 Å². The molecule has 0 radical (unpaired) electrons. The molecule has 0 fully saturated rings. The van der Waals surface area contributed by atoms with Crippen molar-refractivity contribution >= 4 is 29.5 Å². The zero-order valence-electron chi connectivity index (χ0n) is 16.4. The molecule has 0 aliphatic rings. The fourth-order valence-electron chi connectivity index (χ4n) is 2.42. The SMILES string of the molecule is COc1cc(/C=N\OCC(=O)Nc2cc(C)on2)ccc1OCc1ccc(Cl)cc1. The summed E-state index contributed by atoms with van der Waals surface area (Å²) in [6.07, 6.45) is 1.47. The van der Waals surface area contributed by atoms with Crippen molar-refractivity contribution in [3.63, 3.8) is 0 Å². The summed E-state index contributed by atoms with van der Waals surface area (Å²) >= 11 is 5.89. The van der Waals surface area contributed by atoms with Crippen LogP contribution in [0.5, 0.6) is 11.5 Å². The van der Waals surface area contributed by atoms with Gasteiger partial charge >= 0.3 is 0 Å². The number of ether oxygens (including phenoxy) is 2. The highest BCUT2D eigenvalue weighted by Crippen LogP contribution is 2.28. The minimum Gasteiger partial charge on any atom is -0.493 e. The molecule has 3 rings (SSSR count). The molecule has 0 aliphatic carbocycles. The van der Waals surface area contributed by atoms with Gasteiger partial charge in [-0.25, -0.2) is 0 Å². The lowest BCUT2D eigenvalue weighted by molar-refractivity contribution is -0.120. The lowest BCUT2D eigenvalue weighted by Gasteiger charge is -2.11. The Bertz CT molecular complexity index is 1020. The summed E-state index contributed by atoms with van der Waals surface area (Å²) in [5.74, 6) is 1.66. The van der Waals surface area contributed by atoms with Gasteiger partial charge in [-0.3, -0.25) is 4.79 Å². The van der Waals surface area contributed by atoms with Gasteiger partial charge in [-0.05, 0) is 42.8 Å². The number of methoxy groups -OCH3 is 1. The van der Waals surface area contributed by atoms with Gasteiger partial charge in [0.25, 0.3) is 5.91 Å². The Morgan fingerprint density at radius 1 is 1.20 bits per heavy atom. The molecule has 1 aromatic heterocycles. The molecule has 0 bridgehead atoms. The quantitative estimate of drug-likeness (QED) is 0.404. The smallest absolute Gasteiger partial charge is 0.266 e. The first kappa shape index (κ1) is 21.2. The summed E-state index contributed by atoms with van der Waals surface area (Å²) in [5, 5.41) is 10.7. The summed E-state index contributed by atoms with van der Waals surface area (Å²) < 4.78 is 16.1. The predicted molar refractivity (Wildman–Crippen MR) is 112 cm³/mol. The zero-order chi connectivity index (χ0) is 21.3. The van der Waals surface area contributed by atoms with E-state index in [9.17, 15) is 4.79 Å². The topological polar surface area (TPSA) is 95.2 Å². The number of benzene rings is 2. The number of aryl methyl sites for hydroxylation is 1. The largest absolute Gasteiger partial charge is 0.493 e. The number of nitrogens with one attached hydrogen (secondary N) is 1. The number of carbonyl (C=O) groups is 1. The summed E-state index contributed by atoms with van der Waals surface area (Å²) in [4.78, 5) is 16.8. The molecule has 0 atom stereocenters. The lowest BCUT2D eigenvalue weighted by atomic mass is 10.2. The van der Waals surface area contributed by atoms with Crippen LogP contribution >= 0.6 is 11.6 Å². The van der Waals surface area contributed by atoms with Crippen molar-refractivity contribution in [2.24, 2.45) is 5.16 Å². The molecule has 0 saturated carbocycles.